The molecule has 0 spiro atoms. The van der Waals surface area contributed by atoms with Crippen LogP contribution < -0.4 is 9.47 Å². The molecule has 8 nitrogen and oxygen atoms in total. The van der Waals surface area contributed by atoms with Crippen molar-refractivity contribution >= 4 is 10.0 Å². The Labute approximate surface area is 216 Å². The summed E-state index contributed by atoms with van der Waals surface area (Å²) in [6, 6.07) is 14.1. The van der Waals surface area contributed by atoms with Crippen LogP contribution in [0.1, 0.15) is 35.5 Å². The Morgan fingerprint density at radius 2 is 1.32 bits per heavy atom. The van der Waals surface area contributed by atoms with Gasteiger partial charge in [0.15, 0.2) is 5.82 Å². The molecule has 0 saturated heterocycles. The van der Waals surface area contributed by atoms with Crippen molar-refractivity contribution in [2.75, 3.05) is 20.8 Å². The molecule has 11 heteroatoms. The van der Waals surface area contributed by atoms with Gasteiger partial charge < -0.3 is 14.2 Å². The highest BCUT2D eigenvalue weighted by Crippen LogP contribution is 2.29. The van der Waals surface area contributed by atoms with Crippen molar-refractivity contribution in [2.24, 2.45) is 0 Å². The standard InChI is InChI=1S/C26H31F2N3O5S/c1-18-13-29-26(30-14-18)25(36-17-24(27)28)19(2)37(32,33)31(15-20-5-9-22(34-3)10-6-20)16-21-7-11-23(35-4)12-8-21/h5-14,19,24-25H,15-17H2,1-4H3/t19-,25-/m0/s1. The molecule has 2 aromatic carbocycles. The average Bonchev–Trinajstić information content (AvgIpc) is 2.90. The maximum absolute atomic E-state index is 14.0. The van der Waals surface area contributed by atoms with E-state index < -0.39 is 34.4 Å². The minimum absolute atomic E-state index is 0.0242. The van der Waals surface area contributed by atoms with Crippen LogP contribution in [-0.2, 0) is 27.8 Å². The first kappa shape index (κ1) is 28.4. The SMILES string of the molecule is COc1ccc(CN(Cc2ccc(OC)cc2)S(=O)(=O)[C@@H](C)[C@H](OCC(F)F)c2ncc(C)cn2)cc1. The number of rotatable bonds is 13. The lowest BCUT2D eigenvalue weighted by Crippen LogP contribution is -2.41. The Morgan fingerprint density at radius 3 is 1.73 bits per heavy atom. The highest BCUT2D eigenvalue weighted by molar-refractivity contribution is 7.89. The van der Waals surface area contributed by atoms with E-state index in [0.717, 1.165) is 16.7 Å². The molecular formula is C26H31F2N3O5S. The number of halogens is 2. The van der Waals surface area contributed by atoms with Crippen LogP contribution in [0.4, 0.5) is 8.78 Å². The molecule has 0 bridgehead atoms. The van der Waals surface area contributed by atoms with Crippen LogP contribution in [0.15, 0.2) is 60.9 Å². The molecule has 0 amide bonds. The van der Waals surface area contributed by atoms with Gasteiger partial charge in [0.05, 0.1) is 14.2 Å². The molecule has 0 N–H and O–H groups in total. The number of nitrogens with zero attached hydrogens (tertiary/aromatic N) is 3. The van der Waals surface area contributed by atoms with E-state index in [1.165, 1.54) is 23.6 Å². The van der Waals surface area contributed by atoms with Crippen molar-refractivity contribution in [1.29, 1.82) is 0 Å². The predicted molar refractivity (Wildman–Crippen MR) is 135 cm³/mol. The molecule has 0 unspecified atom stereocenters. The second-order valence-corrected chi connectivity index (χ2v) is 10.8. The van der Waals surface area contributed by atoms with Gasteiger partial charge in [0, 0.05) is 25.5 Å². The van der Waals surface area contributed by atoms with Gasteiger partial charge in [0.25, 0.3) is 6.43 Å². The zero-order valence-corrected chi connectivity index (χ0v) is 22.0. The van der Waals surface area contributed by atoms with E-state index in [-0.39, 0.29) is 18.9 Å². The fraction of sp³-hybridized carbons (Fsp3) is 0.385. The molecule has 0 saturated carbocycles. The number of aryl methyl sites for hydroxylation is 1. The molecule has 2 atom stereocenters. The van der Waals surface area contributed by atoms with Gasteiger partial charge in [-0.2, -0.15) is 4.31 Å². The molecular weight excluding hydrogens is 504 g/mol. The Balaban J connectivity index is 1.97. The van der Waals surface area contributed by atoms with Crippen molar-refractivity contribution in [3.8, 4) is 11.5 Å². The normalized spacial score (nSPS) is 13.5. The van der Waals surface area contributed by atoms with Crippen LogP contribution in [0.25, 0.3) is 0 Å². The Hall–Kier alpha value is -3.15. The van der Waals surface area contributed by atoms with Crippen molar-refractivity contribution < 1.29 is 31.4 Å². The van der Waals surface area contributed by atoms with Crippen LogP contribution in [0.5, 0.6) is 11.5 Å². The highest BCUT2D eigenvalue weighted by Gasteiger charge is 2.38. The van der Waals surface area contributed by atoms with Gasteiger partial charge in [0.2, 0.25) is 10.0 Å². The Morgan fingerprint density at radius 1 is 0.865 bits per heavy atom. The molecule has 200 valence electrons. The van der Waals surface area contributed by atoms with E-state index in [1.54, 1.807) is 69.7 Å². The van der Waals surface area contributed by atoms with Gasteiger partial charge >= 0.3 is 0 Å². The lowest BCUT2D eigenvalue weighted by Gasteiger charge is -2.30. The molecule has 0 radical (unpaired) electrons. The Bertz CT molecular complexity index is 1180. The molecule has 37 heavy (non-hydrogen) atoms. The maximum atomic E-state index is 14.0. The van der Waals surface area contributed by atoms with E-state index >= 15 is 0 Å². The molecule has 3 rings (SSSR count). The summed E-state index contributed by atoms with van der Waals surface area (Å²) in [5.74, 6) is 1.30. The predicted octanol–water partition coefficient (Wildman–Crippen LogP) is 4.55. The summed E-state index contributed by atoms with van der Waals surface area (Å²) in [4.78, 5) is 8.33. The molecule has 0 fully saturated rings. The third kappa shape index (κ3) is 7.67. The van der Waals surface area contributed by atoms with Gasteiger partial charge in [-0.15, -0.1) is 0 Å². The first-order valence-electron chi connectivity index (χ1n) is 11.6. The number of hydrogen-bond acceptors (Lipinski definition) is 7. The molecule has 1 heterocycles. The summed E-state index contributed by atoms with van der Waals surface area (Å²) in [7, 11) is -1.02. The molecule has 1 aromatic heterocycles. The fourth-order valence-electron chi connectivity index (χ4n) is 3.64. The average molecular weight is 536 g/mol. The molecule has 0 aliphatic carbocycles. The number of benzene rings is 2. The van der Waals surface area contributed by atoms with E-state index in [4.69, 9.17) is 14.2 Å². The fourth-order valence-corrected chi connectivity index (χ4v) is 5.28. The second kappa shape index (κ2) is 12.9. The molecule has 0 aliphatic heterocycles. The number of sulfonamides is 1. The monoisotopic (exact) mass is 535 g/mol. The number of alkyl halides is 2. The van der Waals surface area contributed by atoms with Gasteiger partial charge in [-0.3, -0.25) is 0 Å². The quantitative estimate of drug-likeness (QED) is 0.317. The molecule has 3 aromatic rings. The van der Waals surface area contributed by atoms with Crippen LogP contribution in [0, 0.1) is 6.92 Å². The van der Waals surface area contributed by atoms with Crippen molar-refractivity contribution in [3.05, 3.63) is 83.4 Å². The second-order valence-electron chi connectivity index (χ2n) is 8.48. The van der Waals surface area contributed by atoms with Crippen molar-refractivity contribution in [2.45, 2.75) is 44.7 Å². The van der Waals surface area contributed by atoms with Gasteiger partial charge in [0.1, 0.15) is 29.5 Å². The summed E-state index contributed by atoms with van der Waals surface area (Å²) in [5.41, 5.74) is 2.19. The zero-order valence-electron chi connectivity index (χ0n) is 21.2. The summed E-state index contributed by atoms with van der Waals surface area (Å²) < 4.78 is 71.1. The lowest BCUT2D eigenvalue weighted by molar-refractivity contribution is -0.0289. The van der Waals surface area contributed by atoms with E-state index in [9.17, 15) is 17.2 Å². The summed E-state index contributed by atoms with van der Waals surface area (Å²) in [5, 5.41) is -1.26. The number of ether oxygens (including phenoxy) is 3. The first-order chi connectivity index (χ1) is 17.6. The van der Waals surface area contributed by atoms with Crippen LogP contribution in [0.3, 0.4) is 0 Å². The third-order valence-corrected chi connectivity index (χ3v) is 7.91. The zero-order chi connectivity index (χ0) is 27.0. The summed E-state index contributed by atoms with van der Waals surface area (Å²) in [6.45, 7) is 2.32. The van der Waals surface area contributed by atoms with Gasteiger partial charge in [-0.05, 0) is 54.8 Å². The minimum Gasteiger partial charge on any atom is -0.497 e. The highest BCUT2D eigenvalue weighted by atomic mass is 32.2. The molecule has 0 aliphatic rings. The largest absolute Gasteiger partial charge is 0.497 e. The summed E-state index contributed by atoms with van der Waals surface area (Å²) in [6.07, 6.45) is -1.09. The van der Waals surface area contributed by atoms with Gasteiger partial charge in [-0.1, -0.05) is 24.3 Å². The lowest BCUT2D eigenvalue weighted by atomic mass is 10.2. The van der Waals surface area contributed by atoms with Crippen molar-refractivity contribution in [1.82, 2.24) is 14.3 Å². The first-order valence-corrected chi connectivity index (χ1v) is 13.1. The maximum Gasteiger partial charge on any atom is 0.261 e. The third-order valence-electron chi connectivity index (χ3n) is 5.75. The van der Waals surface area contributed by atoms with E-state index in [1.807, 2.05) is 0 Å². The number of methoxy groups -OCH3 is 2. The number of aromatic nitrogens is 2. The smallest absolute Gasteiger partial charge is 0.261 e. The van der Waals surface area contributed by atoms with Crippen LogP contribution in [-0.4, -0.2) is 55.2 Å². The topological polar surface area (TPSA) is 90.9 Å². The van der Waals surface area contributed by atoms with Gasteiger partial charge in [-0.25, -0.2) is 27.2 Å². The van der Waals surface area contributed by atoms with E-state index in [2.05, 4.69) is 9.97 Å². The van der Waals surface area contributed by atoms with Crippen molar-refractivity contribution in [3.63, 3.8) is 0 Å². The van der Waals surface area contributed by atoms with E-state index in [0.29, 0.717) is 11.5 Å². The number of hydrogen-bond donors (Lipinski definition) is 0. The summed E-state index contributed by atoms with van der Waals surface area (Å²) >= 11 is 0. The van der Waals surface area contributed by atoms with Crippen LogP contribution in [0.2, 0.25) is 0 Å². The minimum atomic E-state index is -4.11. The Kier molecular flexibility index (Phi) is 9.90. The van der Waals surface area contributed by atoms with Crippen LogP contribution >= 0.6 is 0 Å².